The molecule has 17 heavy (non-hydrogen) atoms. The van der Waals surface area contributed by atoms with Crippen molar-refractivity contribution in [1.29, 1.82) is 0 Å². The lowest BCUT2D eigenvalue weighted by molar-refractivity contribution is 0.472. The number of anilines is 1. The molecule has 1 aromatic heterocycles. The van der Waals surface area contributed by atoms with E-state index in [1.54, 1.807) is 12.1 Å². The average molecular weight is 232 g/mol. The highest BCUT2D eigenvalue weighted by Gasteiger charge is 1.99. The first kappa shape index (κ1) is 11.4. The maximum atomic E-state index is 13.1. The molecular weight excluding hydrogens is 219 g/mol. The molecule has 1 heterocycles. The van der Waals surface area contributed by atoms with Crippen LogP contribution in [0.3, 0.4) is 0 Å². The number of aromatic hydroxyl groups is 1. The Morgan fingerprint density at radius 1 is 1.29 bits per heavy atom. The van der Waals surface area contributed by atoms with Crippen LogP contribution in [-0.4, -0.2) is 10.1 Å². The summed E-state index contributed by atoms with van der Waals surface area (Å²) in [5, 5.41) is 12.2. The van der Waals surface area contributed by atoms with Gasteiger partial charge in [-0.1, -0.05) is 0 Å². The van der Waals surface area contributed by atoms with Gasteiger partial charge in [0.05, 0.1) is 18.4 Å². The maximum Gasteiger partial charge on any atom is 0.133 e. The van der Waals surface area contributed by atoms with E-state index in [0.29, 0.717) is 6.54 Å². The molecule has 0 radical (unpaired) electrons. The number of nitrogens with one attached hydrogen (secondary N) is 1. The van der Waals surface area contributed by atoms with E-state index in [2.05, 4.69) is 10.3 Å². The molecule has 0 bridgehead atoms. The molecule has 0 atom stereocenters. The first-order valence-corrected chi connectivity index (χ1v) is 5.28. The van der Waals surface area contributed by atoms with Gasteiger partial charge in [-0.3, -0.25) is 4.98 Å². The van der Waals surface area contributed by atoms with Crippen LogP contribution in [0.1, 0.15) is 11.3 Å². The summed E-state index contributed by atoms with van der Waals surface area (Å²) in [7, 11) is 0. The molecule has 88 valence electrons. The molecule has 3 nitrogen and oxygen atoms in total. The zero-order valence-corrected chi connectivity index (χ0v) is 9.44. The third-order valence-electron chi connectivity index (χ3n) is 2.32. The third-order valence-corrected chi connectivity index (χ3v) is 2.32. The van der Waals surface area contributed by atoms with Gasteiger partial charge in [0.1, 0.15) is 11.6 Å². The molecule has 0 spiro atoms. The Morgan fingerprint density at radius 3 is 2.76 bits per heavy atom. The number of rotatable bonds is 3. The molecule has 2 rings (SSSR count). The fourth-order valence-electron chi connectivity index (χ4n) is 1.55. The second-order valence-electron chi connectivity index (χ2n) is 3.88. The van der Waals surface area contributed by atoms with Crippen LogP contribution in [0.4, 0.5) is 10.1 Å². The standard InChI is InChI=1S/C13H13FN2O/c1-9-4-10(14)6-12(5-9)15-7-11-2-3-13(17)8-16-11/h2-6,8,15,17H,7H2,1H3. The lowest BCUT2D eigenvalue weighted by Crippen LogP contribution is -2.01. The van der Waals surface area contributed by atoms with E-state index in [-0.39, 0.29) is 11.6 Å². The summed E-state index contributed by atoms with van der Waals surface area (Å²) in [5.74, 6) is -0.124. The van der Waals surface area contributed by atoms with Crippen molar-refractivity contribution < 1.29 is 9.50 Å². The molecule has 0 aliphatic heterocycles. The van der Waals surface area contributed by atoms with E-state index in [9.17, 15) is 4.39 Å². The van der Waals surface area contributed by atoms with Crippen LogP contribution in [-0.2, 0) is 6.54 Å². The highest BCUT2D eigenvalue weighted by molar-refractivity contribution is 5.46. The van der Waals surface area contributed by atoms with Gasteiger partial charge in [0, 0.05) is 5.69 Å². The Kier molecular flexibility index (Phi) is 3.23. The summed E-state index contributed by atoms with van der Waals surface area (Å²) in [6.45, 7) is 2.33. The summed E-state index contributed by atoms with van der Waals surface area (Å²) in [4.78, 5) is 4.03. The first-order valence-electron chi connectivity index (χ1n) is 5.28. The maximum absolute atomic E-state index is 13.1. The average Bonchev–Trinajstić information content (AvgIpc) is 2.27. The summed E-state index contributed by atoms with van der Waals surface area (Å²) < 4.78 is 13.1. The van der Waals surface area contributed by atoms with Crippen LogP contribution in [0.2, 0.25) is 0 Å². The van der Waals surface area contributed by atoms with Crippen LogP contribution in [0.5, 0.6) is 5.75 Å². The molecule has 0 unspecified atom stereocenters. The second kappa shape index (κ2) is 4.82. The molecule has 0 saturated heterocycles. The zero-order chi connectivity index (χ0) is 12.3. The normalized spacial score (nSPS) is 10.2. The largest absolute Gasteiger partial charge is 0.506 e. The van der Waals surface area contributed by atoms with Crippen LogP contribution in [0, 0.1) is 12.7 Å². The second-order valence-corrected chi connectivity index (χ2v) is 3.88. The van der Waals surface area contributed by atoms with Crippen molar-refractivity contribution in [3.63, 3.8) is 0 Å². The van der Waals surface area contributed by atoms with Crippen molar-refractivity contribution in [3.05, 3.63) is 53.6 Å². The fraction of sp³-hybridized carbons (Fsp3) is 0.154. The van der Waals surface area contributed by atoms with Gasteiger partial charge in [-0.25, -0.2) is 4.39 Å². The van der Waals surface area contributed by atoms with Gasteiger partial charge in [-0.15, -0.1) is 0 Å². The van der Waals surface area contributed by atoms with Gasteiger partial charge in [0.15, 0.2) is 0 Å². The molecule has 0 aliphatic rings. The fourth-order valence-corrected chi connectivity index (χ4v) is 1.55. The van der Waals surface area contributed by atoms with Crippen LogP contribution in [0.15, 0.2) is 36.5 Å². The number of halogens is 1. The Labute approximate surface area is 98.9 Å². The van der Waals surface area contributed by atoms with E-state index in [1.807, 2.05) is 13.0 Å². The van der Waals surface area contributed by atoms with Gasteiger partial charge in [-0.2, -0.15) is 0 Å². The minimum absolute atomic E-state index is 0.135. The number of nitrogens with zero attached hydrogens (tertiary/aromatic N) is 1. The number of hydrogen-bond acceptors (Lipinski definition) is 3. The van der Waals surface area contributed by atoms with Crippen LogP contribution < -0.4 is 5.32 Å². The van der Waals surface area contributed by atoms with Gasteiger partial charge >= 0.3 is 0 Å². The Morgan fingerprint density at radius 2 is 2.12 bits per heavy atom. The molecule has 0 saturated carbocycles. The van der Waals surface area contributed by atoms with E-state index >= 15 is 0 Å². The van der Waals surface area contributed by atoms with Gasteiger partial charge in [0.25, 0.3) is 0 Å². The Hall–Kier alpha value is -2.10. The number of aryl methyl sites for hydroxylation is 1. The van der Waals surface area contributed by atoms with Crippen molar-refractivity contribution in [2.75, 3.05) is 5.32 Å². The van der Waals surface area contributed by atoms with E-state index in [4.69, 9.17) is 5.11 Å². The molecule has 0 fully saturated rings. The minimum Gasteiger partial charge on any atom is -0.506 e. The topological polar surface area (TPSA) is 45.1 Å². The van der Waals surface area contributed by atoms with E-state index < -0.39 is 0 Å². The first-order chi connectivity index (χ1) is 8.13. The molecule has 2 aromatic rings. The highest BCUT2D eigenvalue weighted by atomic mass is 19.1. The zero-order valence-electron chi connectivity index (χ0n) is 9.44. The number of aromatic nitrogens is 1. The SMILES string of the molecule is Cc1cc(F)cc(NCc2ccc(O)cn2)c1. The minimum atomic E-state index is -0.258. The Bertz CT molecular complexity index is 491. The van der Waals surface area contributed by atoms with Gasteiger partial charge < -0.3 is 10.4 Å². The van der Waals surface area contributed by atoms with Crippen molar-refractivity contribution in [2.45, 2.75) is 13.5 Å². The Balaban J connectivity index is 2.04. The summed E-state index contributed by atoms with van der Waals surface area (Å²) in [6.07, 6.45) is 1.38. The van der Waals surface area contributed by atoms with Crippen molar-refractivity contribution >= 4 is 5.69 Å². The monoisotopic (exact) mass is 232 g/mol. The number of pyridine rings is 1. The molecule has 4 heteroatoms. The van der Waals surface area contributed by atoms with Crippen LogP contribution in [0.25, 0.3) is 0 Å². The lowest BCUT2D eigenvalue weighted by Gasteiger charge is -2.07. The highest BCUT2D eigenvalue weighted by Crippen LogP contribution is 2.14. The molecule has 1 aromatic carbocycles. The number of hydrogen-bond donors (Lipinski definition) is 2. The van der Waals surface area contributed by atoms with E-state index in [1.165, 1.54) is 18.3 Å². The summed E-state index contributed by atoms with van der Waals surface area (Å²) in [6, 6.07) is 8.07. The predicted molar refractivity (Wildman–Crippen MR) is 64.4 cm³/mol. The van der Waals surface area contributed by atoms with E-state index in [0.717, 1.165) is 16.9 Å². The van der Waals surface area contributed by atoms with Crippen LogP contribution >= 0.6 is 0 Å². The third kappa shape index (κ3) is 3.17. The summed E-state index contributed by atoms with van der Waals surface area (Å²) in [5.41, 5.74) is 2.37. The van der Waals surface area contributed by atoms with Crippen molar-refractivity contribution in [1.82, 2.24) is 4.98 Å². The quantitative estimate of drug-likeness (QED) is 0.855. The summed E-state index contributed by atoms with van der Waals surface area (Å²) >= 11 is 0. The predicted octanol–water partition coefficient (Wildman–Crippen LogP) is 2.85. The number of benzene rings is 1. The molecule has 2 N–H and O–H groups in total. The molecular formula is C13H13FN2O. The smallest absolute Gasteiger partial charge is 0.133 e. The van der Waals surface area contributed by atoms with Gasteiger partial charge in [0.2, 0.25) is 0 Å². The lowest BCUT2D eigenvalue weighted by atomic mass is 10.2. The molecule has 0 amide bonds. The molecule has 0 aliphatic carbocycles. The van der Waals surface area contributed by atoms with Crippen molar-refractivity contribution in [3.8, 4) is 5.75 Å². The van der Waals surface area contributed by atoms with Crippen molar-refractivity contribution in [2.24, 2.45) is 0 Å². The van der Waals surface area contributed by atoms with Gasteiger partial charge in [-0.05, 0) is 42.8 Å².